The molecular weight excluding hydrogens is 368 g/mol. The van der Waals surface area contributed by atoms with Crippen molar-refractivity contribution >= 4 is 23.3 Å². The first-order valence-corrected chi connectivity index (χ1v) is 9.84. The van der Waals surface area contributed by atoms with Gasteiger partial charge in [-0.3, -0.25) is 9.59 Å². The van der Waals surface area contributed by atoms with Crippen molar-refractivity contribution < 1.29 is 19.1 Å². The van der Waals surface area contributed by atoms with Crippen LogP contribution in [0.1, 0.15) is 27.7 Å². The highest BCUT2D eigenvalue weighted by Crippen LogP contribution is 2.19. The Balaban J connectivity index is 2.25. The lowest BCUT2D eigenvalue weighted by Crippen LogP contribution is -2.44. The lowest BCUT2D eigenvalue weighted by Gasteiger charge is -2.32. The van der Waals surface area contributed by atoms with Crippen LogP contribution in [0.5, 0.6) is 0 Å². The maximum Gasteiger partial charge on any atom is 0.325 e. The molecular formula is C23H30N2O4. The number of hydrogen-bond acceptors (Lipinski definition) is 6. The summed E-state index contributed by atoms with van der Waals surface area (Å²) < 4.78 is 10.7. The van der Waals surface area contributed by atoms with E-state index in [0.29, 0.717) is 6.67 Å². The van der Waals surface area contributed by atoms with Gasteiger partial charge in [0.1, 0.15) is 13.1 Å². The molecule has 2 rings (SSSR count). The van der Waals surface area contributed by atoms with E-state index in [-0.39, 0.29) is 37.2 Å². The fourth-order valence-corrected chi connectivity index (χ4v) is 2.84. The van der Waals surface area contributed by atoms with Crippen molar-refractivity contribution in [1.82, 2.24) is 0 Å². The van der Waals surface area contributed by atoms with E-state index in [1.165, 1.54) is 0 Å². The molecule has 0 atom stereocenters. The molecule has 0 N–H and O–H groups in total. The smallest absolute Gasteiger partial charge is 0.325 e. The van der Waals surface area contributed by atoms with E-state index in [1.807, 2.05) is 98.2 Å². The van der Waals surface area contributed by atoms with Gasteiger partial charge in [-0.2, -0.15) is 0 Å². The Morgan fingerprint density at radius 3 is 1.34 bits per heavy atom. The second kappa shape index (κ2) is 11.1. The van der Waals surface area contributed by atoms with Gasteiger partial charge in [0.2, 0.25) is 0 Å². The Hall–Kier alpha value is -3.02. The quantitative estimate of drug-likeness (QED) is 0.447. The topological polar surface area (TPSA) is 59.1 Å². The molecule has 0 bridgehead atoms. The van der Waals surface area contributed by atoms with E-state index in [9.17, 15) is 9.59 Å². The van der Waals surface area contributed by atoms with Crippen LogP contribution in [-0.2, 0) is 19.1 Å². The summed E-state index contributed by atoms with van der Waals surface area (Å²) in [7, 11) is 0. The molecule has 6 heteroatoms. The standard InChI is InChI=1S/C23H30N2O4/c1-18(2)28-22(26)15-24(20-11-7-5-8-12-20)17-25(16-23(27)29-19(3)4)21-13-9-6-10-14-21/h5-14,18-19H,15-17H2,1-4H3. The highest BCUT2D eigenvalue weighted by atomic mass is 16.5. The van der Waals surface area contributed by atoms with Gasteiger partial charge in [0.25, 0.3) is 0 Å². The molecule has 0 radical (unpaired) electrons. The average molecular weight is 399 g/mol. The number of rotatable bonds is 10. The van der Waals surface area contributed by atoms with Gasteiger partial charge in [-0.05, 0) is 52.0 Å². The minimum absolute atomic E-state index is 0.0742. The third-order valence-corrected chi connectivity index (χ3v) is 3.96. The lowest BCUT2D eigenvalue weighted by molar-refractivity contribution is -0.146. The van der Waals surface area contributed by atoms with Crippen LogP contribution < -0.4 is 9.80 Å². The minimum Gasteiger partial charge on any atom is -0.462 e. The first-order valence-electron chi connectivity index (χ1n) is 9.84. The van der Waals surface area contributed by atoms with E-state index in [2.05, 4.69) is 0 Å². The fourth-order valence-electron chi connectivity index (χ4n) is 2.84. The van der Waals surface area contributed by atoms with Gasteiger partial charge >= 0.3 is 11.9 Å². The highest BCUT2D eigenvalue weighted by molar-refractivity contribution is 5.78. The largest absolute Gasteiger partial charge is 0.462 e. The summed E-state index contributed by atoms with van der Waals surface area (Å²) in [5.74, 6) is -0.636. The molecule has 0 saturated heterocycles. The van der Waals surface area contributed by atoms with Gasteiger partial charge < -0.3 is 19.3 Å². The number of nitrogens with zero attached hydrogens (tertiary/aromatic N) is 2. The first-order chi connectivity index (χ1) is 13.8. The van der Waals surface area contributed by atoms with Crippen LogP contribution in [0.2, 0.25) is 0 Å². The Kier molecular flexibility index (Phi) is 8.52. The average Bonchev–Trinajstić information content (AvgIpc) is 2.67. The van der Waals surface area contributed by atoms with E-state index in [0.717, 1.165) is 11.4 Å². The predicted molar refractivity (Wildman–Crippen MR) is 115 cm³/mol. The molecule has 0 aliphatic rings. The molecule has 2 aromatic rings. The fraction of sp³-hybridized carbons (Fsp3) is 0.391. The predicted octanol–water partition coefficient (Wildman–Crippen LogP) is 3.86. The molecule has 2 aromatic carbocycles. The van der Waals surface area contributed by atoms with Gasteiger partial charge in [-0.25, -0.2) is 0 Å². The molecule has 0 aromatic heterocycles. The van der Waals surface area contributed by atoms with Crippen molar-refractivity contribution in [3.05, 3.63) is 60.7 Å². The third-order valence-electron chi connectivity index (χ3n) is 3.96. The molecule has 0 unspecified atom stereocenters. The third kappa shape index (κ3) is 7.86. The summed E-state index contributed by atoms with van der Waals surface area (Å²) in [5.41, 5.74) is 1.73. The van der Waals surface area contributed by atoms with Gasteiger partial charge in [-0.1, -0.05) is 36.4 Å². The number of benzene rings is 2. The van der Waals surface area contributed by atoms with Crippen molar-refractivity contribution in [2.24, 2.45) is 0 Å². The zero-order valence-corrected chi connectivity index (χ0v) is 17.6. The second-order valence-electron chi connectivity index (χ2n) is 7.29. The molecule has 0 spiro atoms. The molecule has 0 aliphatic heterocycles. The minimum atomic E-state index is -0.318. The van der Waals surface area contributed by atoms with Gasteiger partial charge in [0, 0.05) is 11.4 Å². The molecule has 0 amide bonds. The summed E-state index contributed by atoms with van der Waals surface area (Å²) in [6.07, 6.45) is -0.377. The second-order valence-corrected chi connectivity index (χ2v) is 7.29. The summed E-state index contributed by atoms with van der Waals surface area (Å²) >= 11 is 0. The van der Waals surface area contributed by atoms with Crippen LogP contribution in [0.4, 0.5) is 11.4 Å². The zero-order chi connectivity index (χ0) is 21.2. The monoisotopic (exact) mass is 398 g/mol. The molecule has 0 saturated carbocycles. The summed E-state index contributed by atoms with van der Waals surface area (Å²) in [4.78, 5) is 28.5. The SMILES string of the molecule is CC(C)OC(=O)CN(CN(CC(=O)OC(C)C)c1ccccc1)c1ccccc1. The molecule has 0 aliphatic carbocycles. The molecule has 0 heterocycles. The normalized spacial score (nSPS) is 10.7. The van der Waals surface area contributed by atoms with Crippen molar-refractivity contribution in [3.63, 3.8) is 0 Å². The van der Waals surface area contributed by atoms with Crippen LogP contribution >= 0.6 is 0 Å². The number of anilines is 2. The first kappa shape index (κ1) is 22.3. The van der Waals surface area contributed by atoms with Crippen LogP contribution in [0.15, 0.2) is 60.7 Å². The van der Waals surface area contributed by atoms with E-state index in [4.69, 9.17) is 9.47 Å². The van der Waals surface area contributed by atoms with Crippen molar-refractivity contribution in [2.45, 2.75) is 39.9 Å². The number of ether oxygens (including phenoxy) is 2. The Bertz CT molecular complexity index is 697. The molecule has 156 valence electrons. The summed E-state index contributed by atoms with van der Waals surface area (Å²) in [6, 6.07) is 19.2. The number of hydrogen-bond donors (Lipinski definition) is 0. The zero-order valence-electron chi connectivity index (χ0n) is 17.6. The number of para-hydroxylation sites is 2. The highest BCUT2D eigenvalue weighted by Gasteiger charge is 2.20. The van der Waals surface area contributed by atoms with Crippen LogP contribution in [0.3, 0.4) is 0 Å². The van der Waals surface area contributed by atoms with Crippen LogP contribution in [0.25, 0.3) is 0 Å². The van der Waals surface area contributed by atoms with Crippen molar-refractivity contribution in [2.75, 3.05) is 29.6 Å². The van der Waals surface area contributed by atoms with Crippen LogP contribution in [-0.4, -0.2) is 43.9 Å². The van der Waals surface area contributed by atoms with E-state index < -0.39 is 0 Å². The molecule has 0 fully saturated rings. The number of esters is 2. The Morgan fingerprint density at radius 1 is 0.690 bits per heavy atom. The van der Waals surface area contributed by atoms with Gasteiger partial charge in [-0.15, -0.1) is 0 Å². The maximum atomic E-state index is 12.3. The lowest BCUT2D eigenvalue weighted by atomic mass is 10.2. The Labute approximate surface area is 173 Å². The summed E-state index contributed by atoms with van der Waals surface area (Å²) in [6.45, 7) is 7.77. The van der Waals surface area contributed by atoms with Crippen molar-refractivity contribution in [1.29, 1.82) is 0 Å². The van der Waals surface area contributed by atoms with Gasteiger partial charge in [0.15, 0.2) is 0 Å². The van der Waals surface area contributed by atoms with E-state index >= 15 is 0 Å². The number of carbonyl (C=O) groups excluding carboxylic acids is 2. The van der Waals surface area contributed by atoms with E-state index in [1.54, 1.807) is 0 Å². The van der Waals surface area contributed by atoms with Crippen molar-refractivity contribution in [3.8, 4) is 0 Å². The van der Waals surface area contributed by atoms with Crippen LogP contribution in [0, 0.1) is 0 Å². The molecule has 6 nitrogen and oxygen atoms in total. The number of carbonyl (C=O) groups is 2. The Morgan fingerprint density at radius 2 is 1.03 bits per heavy atom. The summed E-state index contributed by atoms with van der Waals surface area (Å²) in [5, 5.41) is 0. The molecule has 29 heavy (non-hydrogen) atoms. The maximum absolute atomic E-state index is 12.3. The van der Waals surface area contributed by atoms with Gasteiger partial charge in [0.05, 0.1) is 18.9 Å².